The molecule has 0 saturated carbocycles. The van der Waals surface area contributed by atoms with E-state index in [4.69, 9.17) is 9.47 Å². The number of aromatic nitrogens is 2. The second-order valence-electron chi connectivity index (χ2n) is 6.88. The first kappa shape index (κ1) is 21.5. The summed E-state index contributed by atoms with van der Waals surface area (Å²) in [5.74, 6) is 4.92. The number of ether oxygens (including phenoxy) is 2. The summed E-state index contributed by atoms with van der Waals surface area (Å²) < 4.78 is 11.7. The molecule has 3 N–H and O–H groups in total. The topological polar surface area (TPSA) is 131 Å². The molecule has 0 spiro atoms. The molecule has 30 heavy (non-hydrogen) atoms. The lowest BCUT2D eigenvalue weighted by molar-refractivity contribution is -0.0459. The number of aliphatic hydroxyl groups is 2. The Morgan fingerprint density at radius 2 is 2.07 bits per heavy atom. The number of aromatic amines is 1. The van der Waals surface area contributed by atoms with E-state index in [9.17, 15) is 24.6 Å². The van der Waals surface area contributed by atoms with Crippen molar-refractivity contribution in [2.45, 2.75) is 38.2 Å². The number of aliphatic hydroxyl groups excluding tert-OH is 2. The molecule has 1 aromatic heterocycles. The van der Waals surface area contributed by atoms with Crippen LogP contribution < -0.4 is 11.2 Å². The van der Waals surface area contributed by atoms with E-state index >= 15 is 0 Å². The van der Waals surface area contributed by atoms with Gasteiger partial charge in [-0.3, -0.25) is 14.3 Å². The average Bonchev–Trinajstić information content (AvgIpc) is 3.10. The minimum absolute atomic E-state index is 0.0324. The van der Waals surface area contributed by atoms with Gasteiger partial charge in [0.15, 0.2) is 0 Å². The van der Waals surface area contributed by atoms with E-state index in [0.717, 1.165) is 10.1 Å². The molecule has 2 aromatic rings. The molecule has 3 rings (SSSR count). The van der Waals surface area contributed by atoms with Crippen LogP contribution in [0.5, 0.6) is 0 Å². The zero-order valence-electron chi connectivity index (χ0n) is 16.3. The number of aryl methyl sites for hydroxylation is 1. The normalized spacial score (nSPS) is 20.4. The molecule has 3 atom stereocenters. The van der Waals surface area contributed by atoms with Crippen LogP contribution in [0.25, 0.3) is 0 Å². The van der Waals surface area contributed by atoms with Crippen LogP contribution in [0.3, 0.4) is 0 Å². The van der Waals surface area contributed by atoms with Crippen LogP contribution in [0, 0.1) is 18.8 Å². The van der Waals surface area contributed by atoms with Crippen LogP contribution in [0.1, 0.15) is 40.6 Å². The maximum atomic E-state index is 12.1. The molecule has 0 amide bonds. The highest BCUT2D eigenvalue weighted by molar-refractivity contribution is 5.89. The molecule has 0 aliphatic carbocycles. The number of carbonyl (C=O) groups is 1. The predicted octanol–water partition coefficient (Wildman–Crippen LogP) is 0.0843. The molecular formula is C21H22N2O7. The van der Waals surface area contributed by atoms with E-state index in [1.165, 1.54) is 6.20 Å². The van der Waals surface area contributed by atoms with E-state index in [0.29, 0.717) is 5.56 Å². The summed E-state index contributed by atoms with van der Waals surface area (Å²) in [5, 5.41) is 19.0. The van der Waals surface area contributed by atoms with Crippen LogP contribution >= 0.6 is 0 Å². The Morgan fingerprint density at radius 1 is 1.33 bits per heavy atom. The van der Waals surface area contributed by atoms with E-state index in [1.54, 1.807) is 12.1 Å². The molecule has 9 heteroatoms. The Bertz CT molecular complexity index is 1080. The minimum Gasteiger partial charge on any atom is -0.461 e. The Morgan fingerprint density at radius 3 is 2.73 bits per heavy atom. The molecular weight excluding hydrogens is 392 g/mol. The number of nitrogens with zero attached hydrogens (tertiary/aromatic N) is 1. The van der Waals surface area contributed by atoms with Gasteiger partial charge in [-0.2, -0.15) is 0 Å². The van der Waals surface area contributed by atoms with Crippen molar-refractivity contribution in [1.82, 2.24) is 9.55 Å². The molecule has 2 heterocycles. The zero-order chi connectivity index (χ0) is 21.7. The molecule has 1 fully saturated rings. The fourth-order valence-corrected chi connectivity index (χ4v) is 2.96. The Balaban J connectivity index is 1.63. The summed E-state index contributed by atoms with van der Waals surface area (Å²) in [6.07, 6.45) is -0.995. The third-order valence-electron chi connectivity index (χ3n) is 4.63. The fourth-order valence-electron chi connectivity index (χ4n) is 2.96. The lowest BCUT2D eigenvalue weighted by Gasteiger charge is -2.14. The second-order valence-corrected chi connectivity index (χ2v) is 6.88. The van der Waals surface area contributed by atoms with Gasteiger partial charge < -0.3 is 19.7 Å². The van der Waals surface area contributed by atoms with Crippen molar-refractivity contribution in [1.29, 1.82) is 0 Å². The number of H-pyrrole nitrogens is 1. The lowest BCUT2D eigenvalue weighted by Crippen LogP contribution is -2.33. The first-order valence-electron chi connectivity index (χ1n) is 9.41. The fraction of sp³-hybridized carbons (Fsp3) is 0.381. The number of rotatable bonds is 5. The smallest absolute Gasteiger partial charge is 0.338 e. The summed E-state index contributed by atoms with van der Waals surface area (Å²) in [7, 11) is 0. The molecule has 158 valence electrons. The molecule has 9 nitrogen and oxygen atoms in total. The summed E-state index contributed by atoms with van der Waals surface area (Å²) in [5.41, 5.74) is 0.154. The molecule has 1 aromatic carbocycles. The van der Waals surface area contributed by atoms with Gasteiger partial charge in [-0.1, -0.05) is 29.5 Å². The first-order chi connectivity index (χ1) is 14.4. The van der Waals surface area contributed by atoms with Crippen LogP contribution in [0.4, 0.5) is 0 Å². The summed E-state index contributed by atoms with van der Waals surface area (Å²) in [6.45, 7) is 1.58. The van der Waals surface area contributed by atoms with Gasteiger partial charge in [0.25, 0.3) is 5.56 Å². The first-order valence-corrected chi connectivity index (χ1v) is 9.41. The van der Waals surface area contributed by atoms with E-state index in [1.807, 2.05) is 19.1 Å². The maximum absolute atomic E-state index is 12.1. The number of benzene rings is 1. The third kappa shape index (κ3) is 5.04. The number of esters is 1. The Hall–Kier alpha value is -3.19. The van der Waals surface area contributed by atoms with Gasteiger partial charge in [0.1, 0.15) is 24.5 Å². The van der Waals surface area contributed by atoms with Crippen LogP contribution in [-0.4, -0.2) is 51.2 Å². The van der Waals surface area contributed by atoms with Crippen LogP contribution in [-0.2, 0) is 9.47 Å². The van der Waals surface area contributed by atoms with Gasteiger partial charge in [-0.25, -0.2) is 9.59 Å². The van der Waals surface area contributed by atoms with Gasteiger partial charge in [0.05, 0.1) is 18.3 Å². The average molecular weight is 414 g/mol. The highest BCUT2D eigenvalue weighted by atomic mass is 16.5. The third-order valence-corrected chi connectivity index (χ3v) is 4.63. The number of hydrogen-bond donors (Lipinski definition) is 3. The van der Waals surface area contributed by atoms with Crippen molar-refractivity contribution in [2.24, 2.45) is 0 Å². The summed E-state index contributed by atoms with van der Waals surface area (Å²) in [6, 6.07) is 6.98. The van der Waals surface area contributed by atoms with Gasteiger partial charge in [-0.05, 0) is 19.1 Å². The highest BCUT2D eigenvalue weighted by Gasteiger charge is 2.35. The van der Waals surface area contributed by atoms with Crippen LogP contribution in [0.15, 0.2) is 40.1 Å². The lowest BCUT2D eigenvalue weighted by atomic mass is 10.1. The Kier molecular flexibility index (Phi) is 6.84. The molecule has 3 unspecified atom stereocenters. The van der Waals surface area contributed by atoms with E-state index in [-0.39, 0.29) is 31.6 Å². The Labute approximate surface area is 171 Å². The van der Waals surface area contributed by atoms with Crippen LogP contribution in [0.2, 0.25) is 0 Å². The molecule has 0 bridgehead atoms. The maximum Gasteiger partial charge on any atom is 0.338 e. The van der Waals surface area contributed by atoms with Crippen molar-refractivity contribution in [3.8, 4) is 11.8 Å². The highest BCUT2D eigenvalue weighted by Crippen LogP contribution is 2.27. The van der Waals surface area contributed by atoms with Crippen molar-refractivity contribution >= 4 is 5.97 Å². The molecule has 1 aliphatic heterocycles. The number of nitrogens with one attached hydrogen (secondary N) is 1. The number of carbonyl (C=O) groups excluding carboxylic acids is 1. The molecule has 1 aliphatic rings. The van der Waals surface area contributed by atoms with Crippen molar-refractivity contribution in [3.63, 3.8) is 0 Å². The molecule has 1 saturated heterocycles. The largest absolute Gasteiger partial charge is 0.461 e. The monoisotopic (exact) mass is 414 g/mol. The van der Waals surface area contributed by atoms with Crippen molar-refractivity contribution < 1.29 is 24.5 Å². The quantitative estimate of drug-likeness (QED) is 0.359. The SMILES string of the molecule is Cc1ccc(C(=O)OCCC#Cc2cn(C3CC(O)C(CO)O3)c(=O)[nH]c2=O)cc1. The number of hydrogen-bond acceptors (Lipinski definition) is 7. The molecule has 0 radical (unpaired) electrons. The van der Waals surface area contributed by atoms with E-state index < -0.39 is 35.7 Å². The van der Waals surface area contributed by atoms with Gasteiger partial charge in [0, 0.05) is 19.0 Å². The summed E-state index contributed by atoms with van der Waals surface area (Å²) >= 11 is 0. The standard InChI is InChI=1S/C21H22N2O7/c1-13-5-7-14(8-6-13)20(27)29-9-3-2-4-15-11-23(21(28)22-19(15)26)18-10-16(25)17(12-24)30-18/h5-8,11,16-18,24-25H,3,9-10,12H2,1H3,(H,22,26,28). The van der Waals surface area contributed by atoms with E-state index in [2.05, 4.69) is 16.8 Å². The zero-order valence-corrected chi connectivity index (χ0v) is 16.3. The van der Waals surface area contributed by atoms with Gasteiger partial charge in [-0.15, -0.1) is 0 Å². The van der Waals surface area contributed by atoms with Crippen molar-refractivity contribution in [2.75, 3.05) is 13.2 Å². The predicted molar refractivity (Wildman–Crippen MR) is 106 cm³/mol. The minimum atomic E-state index is -0.920. The van der Waals surface area contributed by atoms with Gasteiger partial charge >= 0.3 is 11.7 Å². The second kappa shape index (κ2) is 9.54. The van der Waals surface area contributed by atoms with Gasteiger partial charge in [0.2, 0.25) is 0 Å². The summed E-state index contributed by atoms with van der Waals surface area (Å²) in [4.78, 5) is 38.1. The van der Waals surface area contributed by atoms with Crippen molar-refractivity contribution in [3.05, 3.63) is 68.0 Å².